The maximum Gasteiger partial charge on any atom is 0.257 e. The zero-order valence-electron chi connectivity index (χ0n) is 18.1. The van der Waals surface area contributed by atoms with Gasteiger partial charge in [0.1, 0.15) is 11.4 Å². The third-order valence-electron chi connectivity index (χ3n) is 6.07. The number of fused-ring (bicyclic) bond motifs is 1. The molecule has 0 bridgehead atoms. The van der Waals surface area contributed by atoms with Crippen LogP contribution in [-0.2, 0) is 11.3 Å². The highest BCUT2D eigenvalue weighted by molar-refractivity contribution is 7.99. The van der Waals surface area contributed by atoms with Crippen LogP contribution in [0.15, 0.2) is 48.5 Å². The highest BCUT2D eigenvalue weighted by Gasteiger charge is 2.51. The number of carbonyl (C=O) groups is 1. The second kappa shape index (κ2) is 8.21. The van der Waals surface area contributed by atoms with Gasteiger partial charge in [0.15, 0.2) is 5.11 Å². The van der Waals surface area contributed by atoms with Crippen LogP contribution in [0.4, 0.5) is 5.69 Å². The molecule has 2 saturated heterocycles. The monoisotopic (exact) mass is 482 g/mol. The molecule has 0 unspecified atom stereocenters. The lowest BCUT2D eigenvalue weighted by Gasteiger charge is -2.25. The van der Waals surface area contributed by atoms with Crippen LogP contribution in [0.5, 0.6) is 0 Å². The summed E-state index contributed by atoms with van der Waals surface area (Å²) in [6, 6.07) is 16.0. The van der Waals surface area contributed by atoms with Crippen molar-refractivity contribution >= 4 is 52.3 Å². The van der Waals surface area contributed by atoms with Gasteiger partial charge in [0.25, 0.3) is 5.91 Å². The van der Waals surface area contributed by atoms with E-state index < -0.39 is 0 Å². The van der Waals surface area contributed by atoms with Crippen molar-refractivity contribution in [3.63, 3.8) is 0 Å². The Hall–Kier alpha value is -2.35. The third-order valence-corrected chi connectivity index (χ3v) is 8.02. The standard InChI is InChI=1S/C24H23ClN4OS2/c1-14-7-9-18(10-8-14)23-28-20(13-32-23)22(30)29(24(28)31)21-15(2)26-27(16(21)3)12-17-5-4-6-19(25)11-17/h4-11,20,23H,12-13H2,1-3H3/t20-,23-/m0/s1. The predicted octanol–water partition coefficient (Wildman–Crippen LogP) is 5.26. The Morgan fingerprint density at radius 1 is 1.16 bits per heavy atom. The molecule has 2 aliphatic rings. The van der Waals surface area contributed by atoms with Crippen molar-refractivity contribution in [1.82, 2.24) is 14.7 Å². The van der Waals surface area contributed by atoms with Crippen molar-refractivity contribution in [2.24, 2.45) is 0 Å². The molecule has 0 N–H and O–H groups in total. The summed E-state index contributed by atoms with van der Waals surface area (Å²) in [5.74, 6) is 0.758. The van der Waals surface area contributed by atoms with Gasteiger partial charge in [-0.05, 0) is 56.2 Å². The third kappa shape index (κ3) is 3.52. The number of benzene rings is 2. The van der Waals surface area contributed by atoms with Gasteiger partial charge in [-0.3, -0.25) is 14.4 Å². The maximum atomic E-state index is 13.5. The van der Waals surface area contributed by atoms with E-state index in [2.05, 4.69) is 36.1 Å². The van der Waals surface area contributed by atoms with Gasteiger partial charge in [0, 0.05) is 10.8 Å². The Bertz CT molecular complexity index is 1220. The fourth-order valence-corrected chi connectivity index (χ4v) is 6.57. The van der Waals surface area contributed by atoms with Crippen LogP contribution in [0.2, 0.25) is 5.02 Å². The quantitative estimate of drug-likeness (QED) is 0.474. The van der Waals surface area contributed by atoms with Gasteiger partial charge >= 0.3 is 0 Å². The minimum atomic E-state index is -0.242. The number of anilines is 1. The van der Waals surface area contributed by atoms with Gasteiger partial charge in [0.05, 0.1) is 23.6 Å². The van der Waals surface area contributed by atoms with Gasteiger partial charge in [-0.15, -0.1) is 11.8 Å². The number of hydrogen-bond donors (Lipinski definition) is 0. The minimum absolute atomic E-state index is 0.0330. The fraction of sp³-hybridized carbons (Fsp3) is 0.292. The van der Waals surface area contributed by atoms with E-state index in [-0.39, 0.29) is 17.3 Å². The summed E-state index contributed by atoms with van der Waals surface area (Å²) in [7, 11) is 0. The van der Waals surface area contributed by atoms with E-state index in [4.69, 9.17) is 28.9 Å². The first-order valence-electron chi connectivity index (χ1n) is 10.5. The second-order valence-electron chi connectivity index (χ2n) is 8.28. The van der Waals surface area contributed by atoms with Crippen LogP contribution >= 0.6 is 35.6 Å². The van der Waals surface area contributed by atoms with Crippen molar-refractivity contribution in [2.45, 2.75) is 38.7 Å². The molecule has 3 heterocycles. The van der Waals surface area contributed by atoms with Crippen molar-refractivity contribution < 1.29 is 4.79 Å². The number of carbonyl (C=O) groups excluding carboxylic acids is 1. The van der Waals surface area contributed by atoms with E-state index in [1.165, 1.54) is 11.1 Å². The number of thiocarbonyl (C=S) groups is 1. The molecular formula is C24H23ClN4OS2. The number of aromatic nitrogens is 2. The number of aryl methyl sites for hydroxylation is 2. The van der Waals surface area contributed by atoms with Gasteiger partial charge < -0.3 is 4.90 Å². The summed E-state index contributed by atoms with van der Waals surface area (Å²) in [5.41, 5.74) is 5.95. The molecule has 1 amide bonds. The van der Waals surface area contributed by atoms with E-state index in [9.17, 15) is 4.79 Å². The summed E-state index contributed by atoms with van der Waals surface area (Å²) in [4.78, 5) is 17.3. The Balaban J connectivity index is 1.47. The number of nitrogens with zero attached hydrogens (tertiary/aromatic N) is 4. The van der Waals surface area contributed by atoms with Crippen molar-refractivity contribution in [2.75, 3.05) is 10.7 Å². The molecule has 5 rings (SSSR count). The van der Waals surface area contributed by atoms with Crippen LogP contribution in [0.3, 0.4) is 0 Å². The van der Waals surface area contributed by atoms with Crippen molar-refractivity contribution in [3.05, 3.63) is 81.6 Å². The lowest BCUT2D eigenvalue weighted by molar-refractivity contribution is -0.119. The largest absolute Gasteiger partial charge is 0.319 e. The number of amides is 1. The van der Waals surface area contributed by atoms with Crippen LogP contribution in [0.25, 0.3) is 0 Å². The first-order chi connectivity index (χ1) is 15.3. The van der Waals surface area contributed by atoms with Gasteiger partial charge in [-0.2, -0.15) is 5.10 Å². The molecule has 0 spiro atoms. The zero-order chi connectivity index (χ0) is 22.6. The zero-order valence-corrected chi connectivity index (χ0v) is 20.5. The summed E-state index contributed by atoms with van der Waals surface area (Å²) in [6.45, 7) is 6.58. The van der Waals surface area contributed by atoms with E-state index in [0.717, 1.165) is 28.4 Å². The second-order valence-corrected chi connectivity index (χ2v) is 10.2. The molecule has 3 aromatic rings. The lowest BCUT2D eigenvalue weighted by atomic mass is 10.1. The van der Waals surface area contributed by atoms with Crippen molar-refractivity contribution in [1.29, 1.82) is 0 Å². The molecule has 8 heteroatoms. The average molecular weight is 483 g/mol. The number of rotatable bonds is 4. The number of halogens is 1. The maximum absolute atomic E-state index is 13.5. The molecule has 2 aromatic carbocycles. The van der Waals surface area contributed by atoms with Gasteiger partial charge in [-0.1, -0.05) is 53.6 Å². The summed E-state index contributed by atoms with van der Waals surface area (Å²) < 4.78 is 1.92. The summed E-state index contributed by atoms with van der Waals surface area (Å²) in [5, 5.41) is 6.03. The van der Waals surface area contributed by atoms with Crippen LogP contribution in [0.1, 0.15) is 33.5 Å². The van der Waals surface area contributed by atoms with E-state index in [1.807, 2.05) is 42.8 Å². The smallest absolute Gasteiger partial charge is 0.257 e. The van der Waals surface area contributed by atoms with E-state index in [1.54, 1.807) is 16.7 Å². The number of hydrogen-bond acceptors (Lipinski definition) is 4. The highest BCUT2D eigenvalue weighted by atomic mass is 35.5. The van der Waals surface area contributed by atoms with Gasteiger partial charge in [-0.25, -0.2) is 0 Å². The fourth-order valence-electron chi connectivity index (χ4n) is 4.46. The van der Waals surface area contributed by atoms with E-state index in [0.29, 0.717) is 16.7 Å². The molecule has 5 nitrogen and oxygen atoms in total. The first-order valence-corrected chi connectivity index (χ1v) is 12.3. The van der Waals surface area contributed by atoms with Crippen LogP contribution in [-0.4, -0.2) is 37.5 Å². The molecule has 164 valence electrons. The Kier molecular flexibility index (Phi) is 5.51. The topological polar surface area (TPSA) is 41.4 Å². The molecule has 0 aliphatic carbocycles. The highest BCUT2D eigenvalue weighted by Crippen LogP contribution is 2.47. The first kappa shape index (κ1) is 21.5. The van der Waals surface area contributed by atoms with Crippen LogP contribution < -0.4 is 4.90 Å². The molecule has 2 fully saturated rings. The van der Waals surface area contributed by atoms with E-state index >= 15 is 0 Å². The molecular weight excluding hydrogens is 460 g/mol. The van der Waals surface area contributed by atoms with Gasteiger partial charge in [0.2, 0.25) is 0 Å². The normalized spacial score (nSPS) is 20.4. The Labute approximate surface area is 202 Å². The van der Waals surface area contributed by atoms with Crippen molar-refractivity contribution in [3.8, 4) is 0 Å². The predicted molar refractivity (Wildman–Crippen MR) is 134 cm³/mol. The lowest BCUT2D eigenvalue weighted by Crippen LogP contribution is -2.34. The summed E-state index contributed by atoms with van der Waals surface area (Å²) >= 11 is 13.8. The molecule has 2 aliphatic heterocycles. The Morgan fingerprint density at radius 3 is 2.62 bits per heavy atom. The minimum Gasteiger partial charge on any atom is -0.319 e. The molecule has 0 radical (unpaired) electrons. The molecule has 1 aromatic heterocycles. The summed E-state index contributed by atoms with van der Waals surface area (Å²) in [6.07, 6.45) is 0. The van der Waals surface area contributed by atoms with Crippen LogP contribution in [0, 0.1) is 20.8 Å². The SMILES string of the molecule is Cc1ccc([C@@H]2SC[C@H]3C(=O)N(c4c(C)nn(Cc5cccc(Cl)c5)c4C)C(=S)N32)cc1. The average Bonchev–Trinajstić information content (AvgIpc) is 3.38. The Morgan fingerprint density at radius 2 is 1.91 bits per heavy atom. The number of thioether (sulfide) groups is 1. The molecule has 2 atom stereocenters. The molecule has 32 heavy (non-hydrogen) atoms. The molecule has 0 saturated carbocycles.